The van der Waals surface area contributed by atoms with Gasteiger partial charge in [-0.05, 0) is 42.7 Å². The maximum absolute atomic E-state index is 11.5. The van der Waals surface area contributed by atoms with Crippen molar-refractivity contribution in [3.8, 4) is 0 Å². The van der Waals surface area contributed by atoms with Gasteiger partial charge >= 0.3 is 0 Å². The molecular formula is C18H27ClOZr. The molecule has 0 radical (unpaired) electrons. The molecule has 1 N–H and O–H groups in total. The first-order valence-electron chi connectivity index (χ1n) is 7.68. The van der Waals surface area contributed by atoms with Crippen molar-refractivity contribution >= 4 is 12.4 Å². The van der Waals surface area contributed by atoms with Gasteiger partial charge in [0.05, 0.1) is 0 Å². The molecule has 116 valence electrons. The van der Waals surface area contributed by atoms with Crippen molar-refractivity contribution in [2.45, 2.75) is 58.0 Å². The Kier molecular flexibility index (Phi) is 10.0. The molecular weight excluding hydrogens is 359 g/mol. The molecule has 0 amide bonds. The number of unbranched alkanes of at least 4 members (excludes halogenated alkanes) is 1. The molecule has 0 saturated heterocycles. The molecule has 1 unspecified atom stereocenters. The molecule has 0 aliphatic heterocycles. The normalized spacial score (nSPS) is 17.9. The van der Waals surface area contributed by atoms with Gasteiger partial charge in [0.2, 0.25) is 0 Å². The van der Waals surface area contributed by atoms with Crippen molar-refractivity contribution in [2.75, 3.05) is 0 Å². The van der Waals surface area contributed by atoms with Crippen LogP contribution in [-0.2, 0) is 26.2 Å². The fourth-order valence-electron chi connectivity index (χ4n) is 3.35. The SMILES string of the molecule is CCCCC(CC)C(O)(C1=CC=CC1)C1=CC=CC1.Cl.[Zr]. The maximum Gasteiger partial charge on any atom is 0.111 e. The fourth-order valence-corrected chi connectivity index (χ4v) is 3.35. The Morgan fingerprint density at radius 1 is 1.10 bits per heavy atom. The van der Waals surface area contributed by atoms with Crippen LogP contribution in [0.15, 0.2) is 47.6 Å². The van der Waals surface area contributed by atoms with Crippen LogP contribution in [0, 0.1) is 5.92 Å². The standard InChI is InChI=1S/C18H26O.ClH.Zr/c1-3-5-10-15(4-2)18(19,16-11-6-7-12-16)17-13-8-9-14-17;;/h6-9,11,13,15,19H,3-5,10,12,14H2,1-2H3;1H;. The zero-order valence-corrected chi connectivity index (χ0v) is 16.4. The Balaban J connectivity index is 0.00000200. The molecule has 0 spiro atoms. The summed E-state index contributed by atoms with van der Waals surface area (Å²) in [4.78, 5) is 0. The van der Waals surface area contributed by atoms with E-state index in [1.165, 1.54) is 24.0 Å². The van der Waals surface area contributed by atoms with E-state index in [1.807, 2.05) is 0 Å². The Morgan fingerprint density at radius 2 is 1.62 bits per heavy atom. The third-order valence-corrected chi connectivity index (χ3v) is 4.51. The van der Waals surface area contributed by atoms with E-state index >= 15 is 0 Å². The van der Waals surface area contributed by atoms with Gasteiger partial charge < -0.3 is 5.11 Å². The predicted molar refractivity (Wildman–Crippen MR) is 89.2 cm³/mol. The van der Waals surface area contributed by atoms with Crippen LogP contribution in [0.2, 0.25) is 0 Å². The van der Waals surface area contributed by atoms with E-state index in [1.54, 1.807) is 0 Å². The molecule has 1 nitrogen and oxygen atoms in total. The molecule has 0 aromatic rings. The van der Waals surface area contributed by atoms with Gasteiger partial charge in [-0.25, -0.2) is 0 Å². The average Bonchev–Trinajstić information content (AvgIpc) is 3.12. The quantitative estimate of drug-likeness (QED) is 0.644. The molecule has 0 fully saturated rings. The van der Waals surface area contributed by atoms with Crippen LogP contribution in [-0.4, -0.2) is 10.7 Å². The summed E-state index contributed by atoms with van der Waals surface area (Å²) in [5.74, 6) is 0.338. The smallest absolute Gasteiger partial charge is 0.111 e. The van der Waals surface area contributed by atoms with Gasteiger partial charge in [0, 0.05) is 26.2 Å². The number of aliphatic hydroxyl groups is 1. The van der Waals surface area contributed by atoms with Crippen LogP contribution in [0.5, 0.6) is 0 Å². The zero-order valence-electron chi connectivity index (χ0n) is 13.1. The number of halogens is 1. The number of rotatable bonds is 7. The Labute approximate surface area is 154 Å². The van der Waals surface area contributed by atoms with E-state index in [0.29, 0.717) is 5.92 Å². The second-order valence-electron chi connectivity index (χ2n) is 5.66. The van der Waals surface area contributed by atoms with Gasteiger partial charge in [-0.3, -0.25) is 0 Å². The number of hydrogen-bond donors (Lipinski definition) is 1. The van der Waals surface area contributed by atoms with Crippen molar-refractivity contribution in [3.05, 3.63) is 47.6 Å². The van der Waals surface area contributed by atoms with Gasteiger partial charge in [-0.15, -0.1) is 12.4 Å². The molecule has 3 heteroatoms. The minimum atomic E-state index is -0.725. The van der Waals surface area contributed by atoms with Gasteiger partial charge in [0.15, 0.2) is 0 Å². The monoisotopic (exact) mass is 384 g/mol. The summed E-state index contributed by atoms with van der Waals surface area (Å²) in [5, 5.41) is 11.5. The van der Waals surface area contributed by atoms with Crippen LogP contribution < -0.4 is 0 Å². The molecule has 2 aliphatic rings. The van der Waals surface area contributed by atoms with Gasteiger partial charge in [-0.2, -0.15) is 0 Å². The van der Waals surface area contributed by atoms with Gasteiger partial charge in [0.1, 0.15) is 5.60 Å². The molecule has 0 heterocycles. The number of allylic oxidation sites excluding steroid dienone is 6. The van der Waals surface area contributed by atoms with Crippen LogP contribution in [0.4, 0.5) is 0 Å². The third kappa shape index (κ3) is 4.53. The summed E-state index contributed by atoms with van der Waals surface area (Å²) < 4.78 is 0. The zero-order chi connectivity index (χ0) is 13.7. The van der Waals surface area contributed by atoms with Crippen LogP contribution in [0.25, 0.3) is 0 Å². The molecule has 0 aromatic carbocycles. The van der Waals surface area contributed by atoms with E-state index in [9.17, 15) is 5.11 Å². The second-order valence-corrected chi connectivity index (χ2v) is 5.66. The molecule has 21 heavy (non-hydrogen) atoms. The first-order valence-corrected chi connectivity index (χ1v) is 7.68. The maximum atomic E-state index is 11.5. The van der Waals surface area contributed by atoms with E-state index < -0.39 is 5.60 Å². The Hall–Kier alpha value is 0.0931. The van der Waals surface area contributed by atoms with Gasteiger partial charge in [0.25, 0.3) is 0 Å². The number of hydrogen-bond acceptors (Lipinski definition) is 1. The molecule has 2 rings (SSSR count). The van der Waals surface area contributed by atoms with Crippen molar-refractivity contribution < 1.29 is 31.3 Å². The average molecular weight is 386 g/mol. The molecule has 2 aliphatic carbocycles. The van der Waals surface area contributed by atoms with E-state index in [-0.39, 0.29) is 38.6 Å². The summed E-state index contributed by atoms with van der Waals surface area (Å²) >= 11 is 0. The summed E-state index contributed by atoms with van der Waals surface area (Å²) in [5.41, 5.74) is 1.65. The Morgan fingerprint density at radius 3 is 1.95 bits per heavy atom. The Bertz CT molecular complexity index is 404. The first kappa shape index (κ1) is 21.1. The topological polar surface area (TPSA) is 20.2 Å². The van der Waals surface area contributed by atoms with Crippen molar-refractivity contribution in [2.24, 2.45) is 5.92 Å². The van der Waals surface area contributed by atoms with E-state index in [4.69, 9.17) is 0 Å². The minimum Gasteiger partial charge on any atom is -0.381 e. The third-order valence-electron chi connectivity index (χ3n) is 4.51. The van der Waals surface area contributed by atoms with Crippen molar-refractivity contribution in [3.63, 3.8) is 0 Å². The summed E-state index contributed by atoms with van der Waals surface area (Å²) in [6.45, 7) is 4.43. The van der Waals surface area contributed by atoms with E-state index in [2.05, 4.69) is 50.3 Å². The van der Waals surface area contributed by atoms with Crippen LogP contribution >= 0.6 is 12.4 Å². The fraction of sp³-hybridized carbons (Fsp3) is 0.556. The summed E-state index contributed by atoms with van der Waals surface area (Å²) in [6.07, 6.45) is 19.0. The molecule has 0 bridgehead atoms. The summed E-state index contributed by atoms with van der Waals surface area (Å²) in [7, 11) is 0. The molecule has 0 saturated carbocycles. The van der Waals surface area contributed by atoms with Crippen LogP contribution in [0.1, 0.15) is 52.4 Å². The molecule has 1 atom stereocenters. The van der Waals surface area contributed by atoms with Gasteiger partial charge in [-0.1, -0.05) is 63.1 Å². The second kappa shape index (κ2) is 9.98. The minimum absolute atomic E-state index is 0. The summed E-state index contributed by atoms with van der Waals surface area (Å²) in [6, 6.07) is 0. The van der Waals surface area contributed by atoms with Crippen molar-refractivity contribution in [1.29, 1.82) is 0 Å². The largest absolute Gasteiger partial charge is 0.381 e. The van der Waals surface area contributed by atoms with Crippen LogP contribution in [0.3, 0.4) is 0 Å². The van der Waals surface area contributed by atoms with E-state index in [0.717, 1.165) is 25.7 Å². The first-order chi connectivity index (χ1) is 9.23. The van der Waals surface area contributed by atoms with Crippen molar-refractivity contribution in [1.82, 2.24) is 0 Å². The molecule has 0 aromatic heterocycles. The predicted octanol–water partition coefficient (Wildman–Crippen LogP) is 5.13.